The Balaban J connectivity index is 1.35. The molecule has 0 amide bonds. The molecular formula is C27H28F3N5O4. The first-order valence-corrected chi connectivity index (χ1v) is 12.5. The topological polar surface area (TPSA) is 104 Å². The predicted octanol–water partition coefficient (Wildman–Crippen LogP) is 5.29. The number of carboxylic acids is 1. The van der Waals surface area contributed by atoms with Crippen LogP contribution in [0.1, 0.15) is 43.0 Å². The highest BCUT2D eigenvalue weighted by molar-refractivity contribution is 5.67. The Morgan fingerprint density at radius 3 is 2.49 bits per heavy atom. The van der Waals surface area contributed by atoms with Crippen LogP contribution >= 0.6 is 0 Å². The molecule has 3 heterocycles. The third kappa shape index (κ3) is 7.37. The van der Waals surface area contributed by atoms with Crippen molar-refractivity contribution < 1.29 is 32.5 Å². The van der Waals surface area contributed by atoms with Crippen molar-refractivity contribution in [2.45, 2.75) is 45.2 Å². The maximum absolute atomic E-state index is 12.8. The highest BCUT2D eigenvalue weighted by Crippen LogP contribution is 2.29. The molecule has 0 radical (unpaired) electrons. The van der Waals surface area contributed by atoms with Gasteiger partial charge in [0.2, 0.25) is 11.8 Å². The molecular weight excluding hydrogens is 515 g/mol. The normalized spacial score (nSPS) is 11.5. The summed E-state index contributed by atoms with van der Waals surface area (Å²) in [4.78, 5) is 15.0. The Labute approximate surface area is 222 Å². The monoisotopic (exact) mass is 543 g/mol. The molecule has 0 saturated heterocycles. The van der Waals surface area contributed by atoms with Crippen LogP contribution in [0.5, 0.6) is 11.8 Å². The van der Waals surface area contributed by atoms with E-state index in [1.165, 1.54) is 10.7 Å². The molecule has 0 spiro atoms. The first kappa shape index (κ1) is 27.7. The van der Waals surface area contributed by atoms with Gasteiger partial charge >= 0.3 is 12.1 Å². The van der Waals surface area contributed by atoms with Crippen LogP contribution in [0.3, 0.4) is 0 Å². The SMILES string of the molecule is CCOc1nn(-c2ccc(C(F)(F)F)cn2)cc1CCCCOc1cc(CCC(=O)O)n(-c2ccccc2)n1. The van der Waals surface area contributed by atoms with Crippen molar-refractivity contribution in [2.75, 3.05) is 13.2 Å². The van der Waals surface area contributed by atoms with Gasteiger partial charge < -0.3 is 14.6 Å². The summed E-state index contributed by atoms with van der Waals surface area (Å²) in [5.41, 5.74) is 1.54. The molecule has 0 saturated carbocycles. The standard InChI is InChI=1S/C27H28F3N5O4/c1-2-38-26-19(18-34(33-26)23-13-11-20(17-31-23)27(28,29)30)8-6-7-15-39-24-16-22(12-14-25(36)37)35(32-24)21-9-4-3-5-10-21/h3-5,9-11,13,16-18H,2,6-8,12,14-15H2,1H3,(H,36,37). The summed E-state index contributed by atoms with van der Waals surface area (Å²) >= 11 is 0. The van der Waals surface area contributed by atoms with E-state index in [0.717, 1.165) is 35.6 Å². The van der Waals surface area contributed by atoms with Crippen molar-refractivity contribution in [1.82, 2.24) is 24.5 Å². The molecule has 206 valence electrons. The average molecular weight is 544 g/mol. The minimum absolute atomic E-state index is 0.0180. The summed E-state index contributed by atoms with van der Waals surface area (Å²) in [6.45, 7) is 2.61. The molecule has 1 aromatic carbocycles. The molecule has 0 fully saturated rings. The van der Waals surface area contributed by atoms with E-state index in [-0.39, 0.29) is 12.2 Å². The van der Waals surface area contributed by atoms with Gasteiger partial charge in [0.15, 0.2) is 5.82 Å². The molecule has 4 rings (SSSR count). The number of carbonyl (C=O) groups is 1. The minimum atomic E-state index is -4.46. The molecule has 0 bridgehead atoms. The molecule has 9 nitrogen and oxygen atoms in total. The molecule has 0 aliphatic rings. The number of pyridine rings is 1. The summed E-state index contributed by atoms with van der Waals surface area (Å²) in [5.74, 6) is 0.189. The van der Waals surface area contributed by atoms with E-state index in [0.29, 0.717) is 44.2 Å². The highest BCUT2D eigenvalue weighted by atomic mass is 19.4. The number of nitrogens with zero attached hydrogens (tertiary/aromatic N) is 5. The van der Waals surface area contributed by atoms with Crippen LogP contribution in [-0.4, -0.2) is 48.8 Å². The van der Waals surface area contributed by atoms with E-state index in [4.69, 9.17) is 14.6 Å². The molecule has 0 unspecified atom stereocenters. The number of aliphatic carboxylic acids is 1. The zero-order chi connectivity index (χ0) is 27.8. The fourth-order valence-corrected chi connectivity index (χ4v) is 3.90. The fourth-order valence-electron chi connectivity index (χ4n) is 3.90. The molecule has 39 heavy (non-hydrogen) atoms. The van der Waals surface area contributed by atoms with Crippen molar-refractivity contribution in [2.24, 2.45) is 0 Å². The molecule has 0 aliphatic heterocycles. The largest absolute Gasteiger partial charge is 0.481 e. The van der Waals surface area contributed by atoms with Crippen LogP contribution in [0.2, 0.25) is 0 Å². The van der Waals surface area contributed by atoms with Crippen LogP contribution in [-0.2, 0) is 23.8 Å². The molecule has 3 aromatic heterocycles. The van der Waals surface area contributed by atoms with Crippen LogP contribution in [0.4, 0.5) is 13.2 Å². The highest BCUT2D eigenvalue weighted by Gasteiger charge is 2.30. The van der Waals surface area contributed by atoms with Crippen molar-refractivity contribution in [3.8, 4) is 23.3 Å². The second kappa shape index (κ2) is 12.5. The lowest BCUT2D eigenvalue weighted by atomic mass is 10.1. The third-order valence-electron chi connectivity index (χ3n) is 5.79. The zero-order valence-corrected chi connectivity index (χ0v) is 21.3. The number of hydrogen-bond donors (Lipinski definition) is 1. The van der Waals surface area contributed by atoms with Gasteiger partial charge in [-0.15, -0.1) is 10.2 Å². The first-order valence-electron chi connectivity index (χ1n) is 12.5. The summed E-state index contributed by atoms with van der Waals surface area (Å²) < 4.78 is 53.1. The van der Waals surface area contributed by atoms with Crippen molar-refractivity contribution in [3.05, 3.63) is 77.7 Å². The minimum Gasteiger partial charge on any atom is -0.481 e. The zero-order valence-electron chi connectivity index (χ0n) is 21.3. The number of alkyl halides is 3. The van der Waals surface area contributed by atoms with Crippen LogP contribution < -0.4 is 9.47 Å². The Morgan fingerprint density at radius 1 is 1.03 bits per heavy atom. The number of aromatic nitrogens is 5. The second-order valence-corrected chi connectivity index (χ2v) is 8.66. The Morgan fingerprint density at radius 2 is 1.82 bits per heavy atom. The quantitative estimate of drug-likeness (QED) is 0.229. The maximum Gasteiger partial charge on any atom is 0.417 e. The lowest BCUT2D eigenvalue weighted by Gasteiger charge is -2.06. The summed E-state index contributed by atoms with van der Waals surface area (Å²) in [6, 6.07) is 13.4. The average Bonchev–Trinajstić information content (AvgIpc) is 3.52. The second-order valence-electron chi connectivity index (χ2n) is 8.66. The number of carboxylic acid groups (broad SMARTS) is 1. The number of rotatable bonds is 13. The maximum atomic E-state index is 12.8. The van der Waals surface area contributed by atoms with Gasteiger partial charge in [-0.2, -0.15) is 13.2 Å². The number of benzene rings is 1. The number of ether oxygens (including phenoxy) is 2. The summed E-state index contributed by atoms with van der Waals surface area (Å²) in [6.07, 6.45) is 0.364. The van der Waals surface area contributed by atoms with E-state index in [1.807, 2.05) is 37.3 Å². The van der Waals surface area contributed by atoms with Crippen molar-refractivity contribution >= 4 is 5.97 Å². The van der Waals surface area contributed by atoms with Crippen LogP contribution in [0, 0.1) is 0 Å². The third-order valence-corrected chi connectivity index (χ3v) is 5.79. The number of aryl methyl sites for hydroxylation is 2. The van der Waals surface area contributed by atoms with E-state index in [9.17, 15) is 18.0 Å². The number of hydrogen-bond acceptors (Lipinski definition) is 6. The van der Waals surface area contributed by atoms with Gasteiger partial charge in [-0.25, -0.2) is 14.3 Å². The molecule has 0 aliphatic carbocycles. The van der Waals surface area contributed by atoms with Crippen LogP contribution in [0.25, 0.3) is 11.5 Å². The molecule has 1 N–H and O–H groups in total. The van der Waals surface area contributed by atoms with E-state index in [1.54, 1.807) is 16.9 Å². The van der Waals surface area contributed by atoms with Gasteiger partial charge in [0.05, 0.1) is 30.9 Å². The van der Waals surface area contributed by atoms with Gasteiger partial charge in [-0.3, -0.25) is 4.79 Å². The van der Waals surface area contributed by atoms with Gasteiger partial charge in [-0.1, -0.05) is 18.2 Å². The van der Waals surface area contributed by atoms with E-state index >= 15 is 0 Å². The Hall–Kier alpha value is -4.35. The van der Waals surface area contributed by atoms with Crippen molar-refractivity contribution in [3.63, 3.8) is 0 Å². The Kier molecular flexibility index (Phi) is 8.84. The first-order chi connectivity index (χ1) is 18.7. The fraction of sp³-hybridized carbons (Fsp3) is 0.333. The van der Waals surface area contributed by atoms with Gasteiger partial charge in [-0.05, 0) is 50.5 Å². The predicted molar refractivity (Wildman–Crippen MR) is 135 cm³/mol. The summed E-state index contributed by atoms with van der Waals surface area (Å²) in [5, 5.41) is 17.9. The van der Waals surface area contributed by atoms with E-state index < -0.39 is 17.7 Å². The van der Waals surface area contributed by atoms with Gasteiger partial charge in [0, 0.05) is 36.1 Å². The molecule has 4 aromatic rings. The number of para-hydroxylation sites is 1. The Bertz CT molecular complexity index is 1370. The van der Waals surface area contributed by atoms with Gasteiger partial charge in [0.25, 0.3) is 0 Å². The lowest BCUT2D eigenvalue weighted by Crippen LogP contribution is -2.07. The summed E-state index contributed by atoms with van der Waals surface area (Å²) in [7, 11) is 0. The van der Waals surface area contributed by atoms with Gasteiger partial charge in [0.1, 0.15) is 0 Å². The number of unbranched alkanes of at least 4 members (excludes halogenated alkanes) is 1. The van der Waals surface area contributed by atoms with E-state index in [2.05, 4.69) is 15.2 Å². The van der Waals surface area contributed by atoms with Crippen LogP contribution in [0.15, 0.2) is 60.9 Å². The lowest BCUT2D eigenvalue weighted by molar-refractivity contribution is -0.138. The van der Waals surface area contributed by atoms with Crippen molar-refractivity contribution in [1.29, 1.82) is 0 Å². The molecule has 0 atom stereocenters. The smallest absolute Gasteiger partial charge is 0.417 e. The number of halogens is 3. The molecule has 12 heteroatoms.